The number of hydrogen-bond donors (Lipinski definition) is 1. The summed E-state index contributed by atoms with van der Waals surface area (Å²) in [6, 6.07) is 3.42. The van der Waals surface area contributed by atoms with Gasteiger partial charge in [0, 0.05) is 18.7 Å². The van der Waals surface area contributed by atoms with Crippen LogP contribution in [0.3, 0.4) is 0 Å². The van der Waals surface area contributed by atoms with Gasteiger partial charge in [-0.15, -0.1) is 0 Å². The van der Waals surface area contributed by atoms with Gasteiger partial charge in [-0.2, -0.15) is 0 Å². The van der Waals surface area contributed by atoms with E-state index in [4.69, 9.17) is 5.73 Å². The summed E-state index contributed by atoms with van der Waals surface area (Å²) >= 11 is 0. The zero-order chi connectivity index (χ0) is 17.0. The Bertz CT molecular complexity index is 539. The topological polar surface area (TPSA) is 44.9 Å². The van der Waals surface area contributed by atoms with Gasteiger partial charge >= 0.3 is 0 Å². The van der Waals surface area contributed by atoms with Crippen LogP contribution < -0.4 is 5.73 Å². The summed E-state index contributed by atoms with van der Waals surface area (Å²) in [5, 5.41) is 0. The van der Waals surface area contributed by atoms with Crippen LogP contribution in [0.4, 0.5) is 8.78 Å². The highest BCUT2D eigenvalue weighted by atomic mass is 19.1. The Kier molecular flexibility index (Phi) is 5.93. The Hall–Kier alpha value is -1.69. The number of benzene rings is 1. The SMILES string of the molecule is CC1CCCN(C(N)=NCC(c2c(F)cccc2F)N(C)C)C1. The number of likely N-dealkylation sites (tertiary alicyclic amines) is 1. The summed E-state index contributed by atoms with van der Waals surface area (Å²) in [4.78, 5) is 8.22. The molecule has 2 atom stereocenters. The van der Waals surface area contributed by atoms with Crippen molar-refractivity contribution in [2.45, 2.75) is 25.8 Å². The number of likely N-dealkylation sites (N-methyl/N-ethyl adjacent to an activating group) is 1. The molecule has 0 saturated carbocycles. The van der Waals surface area contributed by atoms with Crippen LogP contribution in [-0.2, 0) is 0 Å². The molecule has 1 aromatic rings. The number of halogens is 2. The predicted molar refractivity (Wildman–Crippen MR) is 89.2 cm³/mol. The van der Waals surface area contributed by atoms with Gasteiger partial charge in [-0.05, 0) is 45.0 Å². The van der Waals surface area contributed by atoms with Gasteiger partial charge < -0.3 is 15.5 Å². The zero-order valence-electron chi connectivity index (χ0n) is 14.1. The molecule has 0 radical (unpaired) electrons. The minimum atomic E-state index is -0.552. The first-order valence-electron chi connectivity index (χ1n) is 8.05. The molecule has 0 spiro atoms. The first-order chi connectivity index (χ1) is 10.9. The molecule has 6 heteroatoms. The maximum atomic E-state index is 14.0. The smallest absolute Gasteiger partial charge is 0.191 e. The molecule has 2 rings (SSSR count). The highest BCUT2D eigenvalue weighted by molar-refractivity contribution is 5.78. The summed E-state index contributed by atoms with van der Waals surface area (Å²) in [5.74, 6) is -0.0561. The van der Waals surface area contributed by atoms with Crippen molar-refractivity contribution in [3.8, 4) is 0 Å². The lowest BCUT2D eigenvalue weighted by atomic mass is 10.0. The van der Waals surface area contributed by atoms with E-state index in [2.05, 4.69) is 16.8 Å². The Morgan fingerprint density at radius 3 is 2.61 bits per heavy atom. The van der Waals surface area contributed by atoms with Gasteiger partial charge in [0.05, 0.1) is 12.6 Å². The van der Waals surface area contributed by atoms with Gasteiger partial charge in [0.1, 0.15) is 11.6 Å². The van der Waals surface area contributed by atoms with Gasteiger partial charge in [0.2, 0.25) is 0 Å². The highest BCUT2D eigenvalue weighted by Crippen LogP contribution is 2.25. The molecule has 2 N–H and O–H groups in total. The normalized spacial score (nSPS) is 20.9. The van der Waals surface area contributed by atoms with Crippen LogP contribution in [-0.4, -0.2) is 49.5 Å². The highest BCUT2D eigenvalue weighted by Gasteiger charge is 2.23. The minimum absolute atomic E-state index is 0.0427. The molecule has 1 heterocycles. The van der Waals surface area contributed by atoms with Crippen molar-refractivity contribution in [3.63, 3.8) is 0 Å². The predicted octanol–water partition coefficient (Wildman–Crippen LogP) is 2.61. The lowest BCUT2D eigenvalue weighted by Gasteiger charge is -2.32. The largest absolute Gasteiger partial charge is 0.370 e. The number of rotatable bonds is 4. The van der Waals surface area contributed by atoms with Gasteiger partial charge in [0.15, 0.2) is 5.96 Å². The maximum Gasteiger partial charge on any atom is 0.191 e. The Labute approximate surface area is 137 Å². The Morgan fingerprint density at radius 2 is 2.04 bits per heavy atom. The molecule has 4 nitrogen and oxygen atoms in total. The van der Waals surface area contributed by atoms with Gasteiger partial charge in [-0.3, -0.25) is 4.99 Å². The lowest BCUT2D eigenvalue weighted by Crippen LogP contribution is -2.43. The fraction of sp³-hybridized carbons (Fsp3) is 0.588. The van der Waals surface area contributed by atoms with Crippen molar-refractivity contribution in [3.05, 3.63) is 35.4 Å². The van der Waals surface area contributed by atoms with Gasteiger partial charge in [0.25, 0.3) is 0 Å². The molecular weight excluding hydrogens is 298 g/mol. The lowest BCUT2D eigenvalue weighted by molar-refractivity contribution is 0.265. The van der Waals surface area contributed by atoms with Crippen molar-refractivity contribution >= 4 is 5.96 Å². The van der Waals surface area contributed by atoms with Crippen molar-refractivity contribution in [1.29, 1.82) is 0 Å². The molecular formula is C17H26F2N4. The van der Waals surface area contributed by atoms with E-state index in [1.165, 1.54) is 24.6 Å². The van der Waals surface area contributed by atoms with E-state index in [0.717, 1.165) is 19.5 Å². The quantitative estimate of drug-likeness (QED) is 0.684. The number of piperidine rings is 1. The van der Waals surface area contributed by atoms with Gasteiger partial charge in [-0.1, -0.05) is 13.0 Å². The number of aliphatic imine (C=N–C) groups is 1. The number of hydrogen-bond acceptors (Lipinski definition) is 2. The molecule has 1 aliphatic rings. The maximum absolute atomic E-state index is 14.0. The summed E-state index contributed by atoms with van der Waals surface area (Å²) in [7, 11) is 3.57. The van der Waals surface area contributed by atoms with Crippen LogP contribution in [0.5, 0.6) is 0 Å². The molecule has 2 unspecified atom stereocenters. The second-order valence-electron chi connectivity index (χ2n) is 6.51. The first-order valence-corrected chi connectivity index (χ1v) is 8.05. The Morgan fingerprint density at radius 1 is 1.39 bits per heavy atom. The van der Waals surface area contributed by atoms with E-state index in [0.29, 0.717) is 11.9 Å². The number of nitrogens with zero attached hydrogens (tertiary/aromatic N) is 3. The average molecular weight is 324 g/mol. The third-order valence-corrected chi connectivity index (χ3v) is 4.36. The molecule has 0 amide bonds. The van der Waals surface area contributed by atoms with E-state index in [9.17, 15) is 8.78 Å². The van der Waals surface area contributed by atoms with Crippen molar-refractivity contribution in [2.24, 2.45) is 16.6 Å². The molecule has 23 heavy (non-hydrogen) atoms. The summed E-state index contributed by atoms with van der Waals surface area (Å²) in [6.45, 7) is 4.19. The van der Waals surface area contributed by atoms with E-state index in [1.54, 1.807) is 19.0 Å². The van der Waals surface area contributed by atoms with Crippen LogP contribution in [0, 0.1) is 17.6 Å². The van der Waals surface area contributed by atoms with E-state index >= 15 is 0 Å². The van der Waals surface area contributed by atoms with Crippen LogP contribution >= 0.6 is 0 Å². The molecule has 128 valence electrons. The monoisotopic (exact) mass is 324 g/mol. The molecule has 1 aromatic carbocycles. The van der Waals surface area contributed by atoms with E-state index in [-0.39, 0.29) is 12.1 Å². The van der Waals surface area contributed by atoms with Crippen LogP contribution in [0.2, 0.25) is 0 Å². The average Bonchev–Trinajstić information content (AvgIpc) is 2.49. The fourth-order valence-electron chi connectivity index (χ4n) is 3.02. The van der Waals surface area contributed by atoms with Crippen molar-refractivity contribution in [2.75, 3.05) is 33.7 Å². The molecule has 0 aromatic heterocycles. The summed E-state index contributed by atoms with van der Waals surface area (Å²) in [5.41, 5.74) is 6.13. The molecule has 1 fully saturated rings. The van der Waals surface area contributed by atoms with Crippen molar-refractivity contribution < 1.29 is 8.78 Å². The zero-order valence-corrected chi connectivity index (χ0v) is 14.1. The summed E-state index contributed by atoms with van der Waals surface area (Å²) in [6.07, 6.45) is 2.29. The first kappa shape index (κ1) is 17.7. The third kappa shape index (κ3) is 4.41. The molecule has 0 aliphatic carbocycles. The number of nitrogens with two attached hydrogens (primary N) is 1. The second kappa shape index (κ2) is 7.73. The molecule has 1 aliphatic heterocycles. The van der Waals surface area contributed by atoms with E-state index < -0.39 is 17.7 Å². The van der Waals surface area contributed by atoms with Crippen molar-refractivity contribution in [1.82, 2.24) is 9.80 Å². The number of guanidine groups is 1. The summed E-state index contributed by atoms with van der Waals surface area (Å²) < 4.78 is 28.1. The standard InChI is InChI=1S/C17H26F2N4/c1-12-6-5-9-23(11-12)17(20)21-10-15(22(2)3)16-13(18)7-4-8-14(16)19/h4,7-8,12,15H,5-6,9-11H2,1-3H3,(H2,20,21). The fourth-order valence-corrected chi connectivity index (χ4v) is 3.02. The van der Waals surface area contributed by atoms with Crippen LogP contribution in [0.1, 0.15) is 31.4 Å². The second-order valence-corrected chi connectivity index (χ2v) is 6.51. The van der Waals surface area contributed by atoms with E-state index in [1.807, 2.05) is 0 Å². The van der Waals surface area contributed by atoms with Crippen LogP contribution in [0.15, 0.2) is 23.2 Å². The minimum Gasteiger partial charge on any atom is -0.370 e. The molecule has 0 bridgehead atoms. The third-order valence-electron chi connectivity index (χ3n) is 4.36. The van der Waals surface area contributed by atoms with Gasteiger partial charge in [-0.25, -0.2) is 8.78 Å². The Balaban J connectivity index is 2.15. The molecule has 1 saturated heterocycles. The van der Waals surface area contributed by atoms with Crippen LogP contribution in [0.25, 0.3) is 0 Å².